The average molecular weight is 330 g/mol. The third-order valence-electron chi connectivity index (χ3n) is 3.98. The Bertz CT molecular complexity index is 760. The lowest BCUT2D eigenvalue weighted by molar-refractivity contribution is -0.120. The van der Waals surface area contributed by atoms with Crippen LogP contribution in [-0.2, 0) is 4.79 Å². The van der Waals surface area contributed by atoms with Crippen LogP contribution in [0.4, 0.5) is 0 Å². The van der Waals surface area contributed by atoms with E-state index in [4.69, 9.17) is 0 Å². The number of nitrogens with one attached hydrogen (secondary N) is 1. The van der Waals surface area contributed by atoms with Crippen molar-refractivity contribution in [2.45, 2.75) is 53.5 Å². The molecule has 0 saturated carbocycles. The van der Waals surface area contributed by atoms with Gasteiger partial charge in [0.05, 0.1) is 23.7 Å². The number of amides is 1. The van der Waals surface area contributed by atoms with E-state index in [0.717, 1.165) is 5.69 Å². The Morgan fingerprint density at radius 1 is 1.17 bits per heavy atom. The van der Waals surface area contributed by atoms with Crippen molar-refractivity contribution in [3.05, 3.63) is 23.5 Å². The first kappa shape index (κ1) is 18.1. The Morgan fingerprint density at radius 2 is 1.83 bits per heavy atom. The fourth-order valence-corrected chi connectivity index (χ4v) is 2.37. The summed E-state index contributed by atoms with van der Waals surface area (Å²) < 4.78 is 1.82. The number of hydrogen-bond donors (Lipinski definition) is 1. The molecule has 0 unspecified atom stereocenters. The standard InChI is InChI=1S/C18H26N4O2/c1-10(2)15-7-13(18(24)19-9-16(23)11(3)4)14-8-20-22(12(5)6)17(14)21-15/h7-8,10-12H,9H2,1-6H3,(H,19,24). The van der Waals surface area contributed by atoms with Crippen molar-refractivity contribution in [1.29, 1.82) is 0 Å². The summed E-state index contributed by atoms with van der Waals surface area (Å²) in [5, 5.41) is 7.80. The highest BCUT2D eigenvalue weighted by Crippen LogP contribution is 2.24. The first-order valence-electron chi connectivity index (χ1n) is 8.41. The Balaban J connectivity index is 2.44. The summed E-state index contributed by atoms with van der Waals surface area (Å²) in [4.78, 5) is 29.1. The van der Waals surface area contributed by atoms with Gasteiger partial charge in [-0.1, -0.05) is 27.7 Å². The predicted octanol–water partition coefficient (Wildman–Crippen LogP) is 3.09. The zero-order valence-electron chi connectivity index (χ0n) is 15.3. The quantitative estimate of drug-likeness (QED) is 0.883. The van der Waals surface area contributed by atoms with E-state index in [9.17, 15) is 9.59 Å². The molecule has 1 N–H and O–H groups in total. The van der Waals surface area contributed by atoms with E-state index >= 15 is 0 Å². The van der Waals surface area contributed by atoms with Gasteiger partial charge in [-0.3, -0.25) is 9.59 Å². The van der Waals surface area contributed by atoms with E-state index in [0.29, 0.717) is 16.6 Å². The Labute approximate surface area is 142 Å². The van der Waals surface area contributed by atoms with E-state index in [1.54, 1.807) is 12.3 Å². The number of fused-ring (bicyclic) bond motifs is 1. The molecule has 0 aliphatic carbocycles. The van der Waals surface area contributed by atoms with Gasteiger partial charge < -0.3 is 5.32 Å². The van der Waals surface area contributed by atoms with Crippen molar-refractivity contribution >= 4 is 22.7 Å². The van der Waals surface area contributed by atoms with Gasteiger partial charge in [0.15, 0.2) is 11.4 Å². The normalized spacial score (nSPS) is 11.7. The Morgan fingerprint density at radius 3 is 2.38 bits per heavy atom. The van der Waals surface area contributed by atoms with E-state index in [1.807, 2.05) is 46.2 Å². The maximum Gasteiger partial charge on any atom is 0.252 e. The molecule has 2 heterocycles. The SMILES string of the molecule is CC(C)C(=O)CNC(=O)c1cc(C(C)C)nc2c1cnn2C(C)C. The first-order chi connectivity index (χ1) is 11.2. The minimum atomic E-state index is -0.262. The summed E-state index contributed by atoms with van der Waals surface area (Å²) in [6.45, 7) is 11.8. The van der Waals surface area contributed by atoms with Gasteiger partial charge in [0.25, 0.3) is 5.91 Å². The summed E-state index contributed by atoms with van der Waals surface area (Å²) in [6.07, 6.45) is 1.67. The lowest BCUT2D eigenvalue weighted by Gasteiger charge is -2.12. The number of ketones is 1. The van der Waals surface area contributed by atoms with Gasteiger partial charge in [-0.15, -0.1) is 0 Å². The van der Waals surface area contributed by atoms with Crippen molar-refractivity contribution < 1.29 is 9.59 Å². The van der Waals surface area contributed by atoms with E-state index < -0.39 is 0 Å². The molecular formula is C18H26N4O2. The van der Waals surface area contributed by atoms with E-state index in [-0.39, 0.29) is 36.1 Å². The first-order valence-corrected chi connectivity index (χ1v) is 8.41. The number of carbonyl (C=O) groups excluding carboxylic acids is 2. The van der Waals surface area contributed by atoms with Crippen molar-refractivity contribution in [2.75, 3.05) is 6.54 Å². The number of hydrogen-bond acceptors (Lipinski definition) is 4. The molecule has 6 heteroatoms. The number of pyridine rings is 1. The molecule has 0 spiro atoms. The van der Waals surface area contributed by atoms with Gasteiger partial charge in [0.1, 0.15) is 0 Å². The largest absolute Gasteiger partial charge is 0.345 e. The van der Waals surface area contributed by atoms with Crippen molar-refractivity contribution in [3.8, 4) is 0 Å². The van der Waals surface area contributed by atoms with Crippen LogP contribution in [0.5, 0.6) is 0 Å². The molecule has 130 valence electrons. The summed E-state index contributed by atoms with van der Waals surface area (Å²) in [7, 11) is 0. The molecular weight excluding hydrogens is 304 g/mol. The number of rotatable bonds is 6. The second kappa shape index (κ2) is 7.11. The molecule has 0 fully saturated rings. The minimum absolute atomic E-state index is 0.00982. The molecule has 1 amide bonds. The monoisotopic (exact) mass is 330 g/mol. The van der Waals surface area contributed by atoms with Gasteiger partial charge in [-0.2, -0.15) is 5.10 Å². The van der Waals surface area contributed by atoms with Crippen LogP contribution in [0.3, 0.4) is 0 Å². The van der Waals surface area contributed by atoms with Gasteiger partial charge >= 0.3 is 0 Å². The second-order valence-corrected chi connectivity index (χ2v) is 6.97. The van der Waals surface area contributed by atoms with Crippen molar-refractivity contribution in [2.24, 2.45) is 5.92 Å². The molecule has 6 nitrogen and oxygen atoms in total. The zero-order valence-corrected chi connectivity index (χ0v) is 15.3. The predicted molar refractivity (Wildman–Crippen MR) is 94.2 cm³/mol. The molecule has 2 aromatic rings. The molecule has 0 aliphatic heterocycles. The highest BCUT2D eigenvalue weighted by Gasteiger charge is 2.19. The van der Waals surface area contributed by atoms with Crippen LogP contribution < -0.4 is 5.32 Å². The third kappa shape index (κ3) is 3.63. The molecule has 2 rings (SSSR count). The molecule has 0 aromatic carbocycles. The summed E-state index contributed by atoms with van der Waals surface area (Å²) >= 11 is 0. The minimum Gasteiger partial charge on any atom is -0.345 e. The number of carbonyl (C=O) groups is 2. The summed E-state index contributed by atoms with van der Waals surface area (Å²) in [5.74, 6) is -0.163. The van der Waals surface area contributed by atoms with Crippen LogP contribution in [0.1, 0.15) is 69.6 Å². The van der Waals surface area contributed by atoms with Crippen LogP contribution in [0, 0.1) is 5.92 Å². The van der Waals surface area contributed by atoms with E-state index in [1.165, 1.54) is 0 Å². The maximum absolute atomic E-state index is 12.6. The van der Waals surface area contributed by atoms with Crippen LogP contribution in [-0.4, -0.2) is 33.0 Å². The van der Waals surface area contributed by atoms with E-state index in [2.05, 4.69) is 15.4 Å². The second-order valence-electron chi connectivity index (χ2n) is 6.97. The molecule has 2 aromatic heterocycles. The highest BCUT2D eigenvalue weighted by atomic mass is 16.2. The van der Waals surface area contributed by atoms with Crippen molar-refractivity contribution in [1.82, 2.24) is 20.1 Å². The van der Waals surface area contributed by atoms with Crippen LogP contribution in [0.25, 0.3) is 11.0 Å². The fraction of sp³-hybridized carbons (Fsp3) is 0.556. The van der Waals surface area contributed by atoms with Gasteiger partial charge in [0, 0.05) is 17.7 Å². The summed E-state index contributed by atoms with van der Waals surface area (Å²) in [5.41, 5.74) is 2.06. The zero-order chi connectivity index (χ0) is 18.0. The molecule has 24 heavy (non-hydrogen) atoms. The Kier molecular flexibility index (Phi) is 5.36. The topological polar surface area (TPSA) is 76.9 Å². The van der Waals surface area contributed by atoms with Gasteiger partial charge in [-0.25, -0.2) is 9.67 Å². The highest BCUT2D eigenvalue weighted by molar-refractivity contribution is 6.06. The van der Waals surface area contributed by atoms with Crippen molar-refractivity contribution in [3.63, 3.8) is 0 Å². The summed E-state index contributed by atoms with van der Waals surface area (Å²) in [6, 6.07) is 1.95. The molecule has 0 bridgehead atoms. The van der Waals surface area contributed by atoms with Gasteiger partial charge in [0.2, 0.25) is 0 Å². The fourth-order valence-electron chi connectivity index (χ4n) is 2.37. The maximum atomic E-state index is 12.6. The van der Waals surface area contributed by atoms with Gasteiger partial charge in [-0.05, 0) is 25.8 Å². The molecule has 0 radical (unpaired) electrons. The molecule has 0 atom stereocenters. The smallest absolute Gasteiger partial charge is 0.252 e. The number of nitrogens with zero attached hydrogens (tertiary/aromatic N) is 3. The van der Waals surface area contributed by atoms with Crippen LogP contribution in [0.2, 0.25) is 0 Å². The van der Waals surface area contributed by atoms with Crippen LogP contribution >= 0.6 is 0 Å². The molecule has 0 aliphatic rings. The Hall–Kier alpha value is -2.24. The number of Topliss-reactive ketones (excluding diaryl/α,β-unsaturated/α-hetero) is 1. The lowest BCUT2D eigenvalue weighted by atomic mass is 10.0. The average Bonchev–Trinajstić information content (AvgIpc) is 2.94. The van der Waals surface area contributed by atoms with Crippen LogP contribution in [0.15, 0.2) is 12.3 Å². The third-order valence-corrected chi connectivity index (χ3v) is 3.98. The molecule has 0 saturated heterocycles. The number of aromatic nitrogens is 3. The lowest BCUT2D eigenvalue weighted by Crippen LogP contribution is -2.31.